The second-order valence-electron chi connectivity index (χ2n) is 6.00. The van der Waals surface area contributed by atoms with Crippen LogP contribution in [0, 0.1) is 0 Å². The number of halogens is 1. The predicted octanol–water partition coefficient (Wildman–Crippen LogP) is 1.86. The number of sulfonamides is 1. The first-order valence-electron chi connectivity index (χ1n) is 8.28. The molecule has 9 heteroatoms. The van der Waals surface area contributed by atoms with Gasteiger partial charge in [-0.2, -0.15) is 4.31 Å². The fourth-order valence-electron chi connectivity index (χ4n) is 2.86. The molecule has 7 nitrogen and oxygen atoms in total. The second kappa shape index (κ2) is 8.08. The summed E-state index contributed by atoms with van der Waals surface area (Å²) in [6, 6.07) is 13.3. The number of hydrogen-bond acceptors (Lipinski definition) is 4. The minimum absolute atomic E-state index is 0.0833. The van der Waals surface area contributed by atoms with Crippen LogP contribution in [0.4, 0.5) is 5.69 Å². The van der Waals surface area contributed by atoms with Gasteiger partial charge in [-0.1, -0.05) is 35.9 Å². The lowest BCUT2D eigenvalue weighted by Crippen LogP contribution is -2.57. The van der Waals surface area contributed by atoms with Crippen LogP contribution in [0.25, 0.3) is 0 Å². The predicted molar refractivity (Wildman–Crippen MR) is 102 cm³/mol. The highest BCUT2D eigenvalue weighted by Crippen LogP contribution is 2.22. The van der Waals surface area contributed by atoms with Crippen LogP contribution >= 0.6 is 11.6 Å². The lowest BCUT2D eigenvalue weighted by Gasteiger charge is -2.33. The van der Waals surface area contributed by atoms with Crippen LogP contribution in [0.1, 0.15) is 6.42 Å². The van der Waals surface area contributed by atoms with Crippen LogP contribution in [-0.2, 0) is 19.6 Å². The number of piperazine rings is 1. The first-order chi connectivity index (χ1) is 12.9. The number of benzene rings is 2. The van der Waals surface area contributed by atoms with Gasteiger partial charge in [0.15, 0.2) is 0 Å². The summed E-state index contributed by atoms with van der Waals surface area (Å²) in [4.78, 5) is 24.8. The zero-order chi connectivity index (χ0) is 19.4. The van der Waals surface area contributed by atoms with E-state index < -0.39 is 27.9 Å². The third-order valence-corrected chi connectivity index (χ3v) is 6.28. The van der Waals surface area contributed by atoms with Crippen molar-refractivity contribution in [1.82, 2.24) is 9.62 Å². The molecule has 1 fully saturated rings. The number of carbonyl (C=O) groups excluding carboxylic acids is 2. The summed E-state index contributed by atoms with van der Waals surface area (Å²) in [7, 11) is -3.90. The molecule has 0 saturated carbocycles. The molecule has 0 aliphatic carbocycles. The molecule has 0 unspecified atom stereocenters. The molecule has 1 saturated heterocycles. The standard InChI is InChI=1S/C18H18ClN3O4S/c19-13-5-4-6-14(11-13)21-17(23)12-16-18(24)20-9-10-22(16)27(25,26)15-7-2-1-3-8-15/h1-8,11,16H,9-10,12H2,(H,20,24)(H,21,23)/t16-/m0/s1. The van der Waals surface area contributed by atoms with E-state index >= 15 is 0 Å². The number of carbonyl (C=O) groups is 2. The van der Waals surface area contributed by atoms with Crippen molar-refractivity contribution in [3.05, 3.63) is 59.6 Å². The quantitative estimate of drug-likeness (QED) is 0.790. The smallest absolute Gasteiger partial charge is 0.243 e. The average Bonchev–Trinajstić information content (AvgIpc) is 2.64. The summed E-state index contributed by atoms with van der Waals surface area (Å²) < 4.78 is 26.9. The van der Waals surface area contributed by atoms with Crippen LogP contribution in [-0.4, -0.2) is 43.7 Å². The molecule has 2 N–H and O–H groups in total. The minimum atomic E-state index is -3.90. The van der Waals surface area contributed by atoms with Crippen molar-refractivity contribution in [2.75, 3.05) is 18.4 Å². The Morgan fingerprint density at radius 2 is 1.93 bits per heavy atom. The number of anilines is 1. The Bertz CT molecular complexity index is 950. The van der Waals surface area contributed by atoms with Crippen LogP contribution in [0.3, 0.4) is 0 Å². The lowest BCUT2D eigenvalue weighted by atomic mass is 10.1. The second-order valence-corrected chi connectivity index (χ2v) is 8.33. The van der Waals surface area contributed by atoms with E-state index in [9.17, 15) is 18.0 Å². The molecule has 3 rings (SSSR count). The van der Waals surface area contributed by atoms with Crippen molar-refractivity contribution in [3.63, 3.8) is 0 Å². The van der Waals surface area contributed by atoms with Crippen LogP contribution in [0.5, 0.6) is 0 Å². The third-order valence-electron chi connectivity index (χ3n) is 4.12. The molecule has 27 heavy (non-hydrogen) atoms. The molecule has 142 valence electrons. The van der Waals surface area contributed by atoms with E-state index in [-0.39, 0.29) is 24.4 Å². The molecular formula is C18H18ClN3O4S. The number of amides is 2. The summed E-state index contributed by atoms with van der Waals surface area (Å²) >= 11 is 5.89. The number of rotatable bonds is 5. The molecule has 0 bridgehead atoms. The molecule has 0 radical (unpaired) electrons. The molecule has 1 heterocycles. The maximum atomic E-state index is 12.9. The summed E-state index contributed by atoms with van der Waals surface area (Å²) in [6.07, 6.45) is -0.301. The van der Waals surface area contributed by atoms with E-state index in [0.29, 0.717) is 10.7 Å². The van der Waals surface area contributed by atoms with E-state index in [2.05, 4.69) is 10.6 Å². The summed E-state index contributed by atoms with van der Waals surface area (Å²) in [5.41, 5.74) is 0.473. The lowest BCUT2D eigenvalue weighted by molar-refractivity contribution is -0.130. The summed E-state index contributed by atoms with van der Waals surface area (Å²) in [5, 5.41) is 5.71. The van der Waals surface area contributed by atoms with Crippen LogP contribution in [0.2, 0.25) is 5.02 Å². The highest BCUT2D eigenvalue weighted by Gasteiger charge is 2.39. The molecule has 2 amide bonds. The molecule has 0 aromatic heterocycles. The Hall–Kier alpha value is -2.42. The van der Waals surface area contributed by atoms with E-state index in [1.807, 2.05) is 0 Å². The van der Waals surface area contributed by atoms with Gasteiger partial charge in [0.2, 0.25) is 21.8 Å². The molecule has 2 aromatic carbocycles. The van der Waals surface area contributed by atoms with E-state index in [1.165, 1.54) is 12.1 Å². The van der Waals surface area contributed by atoms with Gasteiger partial charge in [-0.15, -0.1) is 0 Å². The number of nitrogens with one attached hydrogen (secondary N) is 2. The third kappa shape index (κ3) is 4.47. The van der Waals surface area contributed by atoms with Crippen LogP contribution < -0.4 is 10.6 Å². The Morgan fingerprint density at radius 1 is 1.19 bits per heavy atom. The Kier molecular flexibility index (Phi) is 5.79. The molecule has 2 aromatic rings. The fourth-order valence-corrected chi connectivity index (χ4v) is 4.66. The first kappa shape index (κ1) is 19.3. The van der Waals surface area contributed by atoms with Crippen molar-refractivity contribution in [2.45, 2.75) is 17.4 Å². The van der Waals surface area contributed by atoms with Gasteiger partial charge in [-0.25, -0.2) is 8.42 Å². The zero-order valence-electron chi connectivity index (χ0n) is 14.3. The van der Waals surface area contributed by atoms with Gasteiger partial charge in [0.05, 0.1) is 11.3 Å². The Labute approximate surface area is 162 Å². The SMILES string of the molecule is O=C(C[C@H]1C(=O)NCCN1S(=O)(=O)c1ccccc1)Nc1cccc(Cl)c1. The van der Waals surface area contributed by atoms with Crippen LogP contribution in [0.15, 0.2) is 59.5 Å². The van der Waals surface area contributed by atoms with Gasteiger partial charge in [0.1, 0.15) is 6.04 Å². The van der Waals surface area contributed by atoms with Crippen molar-refractivity contribution in [2.24, 2.45) is 0 Å². The van der Waals surface area contributed by atoms with Gasteiger partial charge in [-0.05, 0) is 30.3 Å². The first-order valence-corrected chi connectivity index (χ1v) is 10.1. The van der Waals surface area contributed by atoms with E-state index in [0.717, 1.165) is 4.31 Å². The number of hydrogen-bond donors (Lipinski definition) is 2. The van der Waals surface area contributed by atoms with E-state index in [1.54, 1.807) is 42.5 Å². The van der Waals surface area contributed by atoms with Crippen molar-refractivity contribution >= 4 is 39.1 Å². The maximum absolute atomic E-state index is 12.9. The fraction of sp³-hybridized carbons (Fsp3) is 0.222. The molecule has 0 spiro atoms. The molecule has 1 aliphatic rings. The Balaban J connectivity index is 1.80. The van der Waals surface area contributed by atoms with Gasteiger partial charge in [0.25, 0.3) is 0 Å². The topological polar surface area (TPSA) is 95.6 Å². The maximum Gasteiger partial charge on any atom is 0.243 e. The molecule has 1 atom stereocenters. The van der Waals surface area contributed by atoms with Gasteiger partial charge in [-0.3, -0.25) is 9.59 Å². The molecular weight excluding hydrogens is 390 g/mol. The van der Waals surface area contributed by atoms with Crippen molar-refractivity contribution < 1.29 is 18.0 Å². The highest BCUT2D eigenvalue weighted by molar-refractivity contribution is 7.89. The highest BCUT2D eigenvalue weighted by atomic mass is 35.5. The van der Waals surface area contributed by atoms with E-state index in [4.69, 9.17) is 11.6 Å². The molecule has 1 aliphatic heterocycles. The normalized spacial score (nSPS) is 18.0. The van der Waals surface area contributed by atoms with Gasteiger partial charge < -0.3 is 10.6 Å². The summed E-state index contributed by atoms with van der Waals surface area (Å²) in [6.45, 7) is 0.287. The number of nitrogens with zero attached hydrogens (tertiary/aromatic N) is 1. The Morgan fingerprint density at radius 3 is 2.63 bits per heavy atom. The van der Waals surface area contributed by atoms with Gasteiger partial charge >= 0.3 is 0 Å². The largest absolute Gasteiger partial charge is 0.353 e. The van der Waals surface area contributed by atoms with Gasteiger partial charge in [0, 0.05) is 23.8 Å². The zero-order valence-corrected chi connectivity index (χ0v) is 15.8. The van der Waals surface area contributed by atoms with Crippen molar-refractivity contribution in [3.8, 4) is 0 Å². The average molecular weight is 408 g/mol. The van der Waals surface area contributed by atoms with Crippen molar-refractivity contribution in [1.29, 1.82) is 0 Å². The summed E-state index contributed by atoms with van der Waals surface area (Å²) in [5.74, 6) is -0.977. The minimum Gasteiger partial charge on any atom is -0.353 e. The monoisotopic (exact) mass is 407 g/mol.